The van der Waals surface area contributed by atoms with Gasteiger partial charge in [0.1, 0.15) is 0 Å². The Balaban J connectivity index is 1.11. The molecule has 0 N–H and O–H groups in total. The summed E-state index contributed by atoms with van der Waals surface area (Å²) in [7, 11) is 0. The first-order valence-electron chi connectivity index (χ1n) is 14.5. The Morgan fingerprint density at radius 3 is 2.02 bits per heavy atom. The second kappa shape index (κ2) is 11.7. The molecular weight excluding hydrogens is 528 g/mol. The molecule has 5 aromatic carbocycles. The minimum Gasteiger partial charge on any atom is -0.416 e. The number of hydrogen-bond donors (Lipinski definition) is 0. The molecule has 0 bridgehead atoms. The lowest BCUT2D eigenvalue weighted by atomic mass is 9.98. The van der Waals surface area contributed by atoms with Crippen LogP contribution >= 0.6 is 0 Å². The van der Waals surface area contributed by atoms with Crippen molar-refractivity contribution in [1.82, 2.24) is 10.2 Å². The highest BCUT2D eigenvalue weighted by molar-refractivity contribution is 6.03. The lowest BCUT2D eigenvalue weighted by molar-refractivity contribution is 0.584. The lowest BCUT2D eigenvalue weighted by Crippen LogP contribution is -2.18. The van der Waals surface area contributed by atoms with Crippen LogP contribution in [0.1, 0.15) is 40.3 Å². The summed E-state index contributed by atoms with van der Waals surface area (Å²) in [6.07, 6.45) is 5.08. The molecule has 0 unspecified atom stereocenters. The summed E-state index contributed by atoms with van der Waals surface area (Å²) in [5.74, 6) is 1.02. The molecule has 0 spiro atoms. The van der Waals surface area contributed by atoms with Gasteiger partial charge in [0.2, 0.25) is 11.8 Å². The molecule has 1 atom stereocenters. The van der Waals surface area contributed by atoms with Gasteiger partial charge in [-0.1, -0.05) is 115 Å². The SMILES string of the molecule is Cc1ccc(C2=NN(c3ccc(/C=C/c4cccc(-c5nnc(-c6ccccc6)o5)c4)cc3)[C@@H](c3ccccc3)C2)cc1. The van der Waals surface area contributed by atoms with E-state index in [9.17, 15) is 0 Å². The summed E-state index contributed by atoms with van der Waals surface area (Å²) in [5.41, 5.74) is 9.81. The summed E-state index contributed by atoms with van der Waals surface area (Å²) in [6.45, 7) is 2.11. The summed E-state index contributed by atoms with van der Waals surface area (Å²) in [4.78, 5) is 0. The highest BCUT2D eigenvalue weighted by Crippen LogP contribution is 2.37. The molecule has 43 heavy (non-hydrogen) atoms. The van der Waals surface area contributed by atoms with E-state index in [1.165, 1.54) is 16.7 Å². The van der Waals surface area contributed by atoms with Crippen molar-refractivity contribution in [3.05, 3.63) is 161 Å². The van der Waals surface area contributed by atoms with Crippen LogP contribution < -0.4 is 5.01 Å². The van der Waals surface area contributed by atoms with Crippen LogP contribution in [0.3, 0.4) is 0 Å². The summed E-state index contributed by atoms with van der Waals surface area (Å²) in [6, 6.07) is 45.9. The average Bonchev–Trinajstić information content (AvgIpc) is 3.75. The van der Waals surface area contributed by atoms with Crippen LogP contribution in [0.15, 0.2) is 143 Å². The predicted molar refractivity (Wildman–Crippen MR) is 175 cm³/mol. The fraction of sp³-hybridized carbons (Fsp3) is 0.0789. The Labute approximate surface area is 251 Å². The Morgan fingerprint density at radius 1 is 0.628 bits per heavy atom. The highest BCUT2D eigenvalue weighted by atomic mass is 16.4. The third kappa shape index (κ3) is 5.79. The van der Waals surface area contributed by atoms with E-state index in [-0.39, 0.29) is 6.04 Å². The zero-order valence-corrected chi connectivity index (χ0v) is 23.8. The monoisotopic (exact) mass is 558 g/mol. The second-order valence-electron chi connectivity index (χ2n) is 10.7. The number of rotatable bonds is 7. The predicted octanol–water partition coefficient (Wildman–Crippen LogP) is 9.24. The number of anilines is 1. The molecule has 0 aliphatic carbocycles. The van der Waals surface area contributed by atoms with Crippen LogP contribution in [-0.4, -0.2) is 15.9 Å². The third-order valence-electron chi connectivity index (χ3n) is 7.68. The average molecular weight is 559 g/mol. The van der Waals surface area contributed by atoms with Gasteiger partial charge in [-0.25, -0.2) is 0 Å². The number of aromatic nitrogens is 2. The van der Waals surface area contributed by atoms with E-state index in [1.54, 1.807) is 0 Å². The van der Waals surface area contributed by atoms with Gasteiger partial charge in [0.15, 0.2) is 0 Å². The van der Waals surface area contributed by atoms with Gasteiger partial charge in [-0.2, -0.15) is 5.10 Å². The maximum Gasteiger partial charge on any atom is 0.248 e. The smallest absolute Gasteiger partial charge is 0.248 e. The van der Waals surface area contributed by atoms with Gasteiger partial charge in [0.05, 0.1) is 17.4 Å². The minimum absolute atomic E-state index is 0.147. The zero-order valence-electron chi connectivity index (χ0n) is 23.8. The Hall–Kier alpha value is -5.55. The first-order valence-corrected chi connectivity index (χ1v) is 14.5. The Kier molecular flexibility index (Phi) is 7.20. The van der Waals surface area contributed by atoms with E-state index < -0.39 is 0 Å². The van der Waals surface area contributed by atoms with Gasteiger partial charge < -0.3 is 4.42 Å². The molecular formula is C38H30N4O. The van der Waals surface area contributed by atoms with E-state index >= 15 is 0 Å². The van der Waals surface area contributed by atoms with Gasteiger partial charge >= 0.3 is 0 Å². The molecule has 1 aliphatic heterocycles. The van der Waals surface area contributed by atoms with Gasteiger partial charge in [0, 0.05) is 17.5 Å². The minimum atomic E-state index is 0.147. The van der Waals surface area contributed by atoms with E-state index in [2.05, 4.69) is 125 Å². The number of hydrazone groups is 1. The van der Waals surface area contributed by atoms with Gasteiger partial charge in [0.25, 0.3) is 0 Å². The topological polar surface area (TPSA) is 54.5 Å². The van der Waals surface area contributed by atoms with Crippen molar-refractivity contribution < 1.29 is 4.42 Å². The number of nitrogens with zero attached hydrogens (tertiary/aromatic N) is 4. The van der Waals surface area contributed by atoms with E-state index in [1.807, 2.05) is 42.5 Å². The van der Waals surface area contributed by atoms with Crippen molar-refractivity contribution in [2.75, 3.05) is 5.01 Å². The van der Waals surface area contributed by atoms with Gasteiger partial charge in [-0.05, 0) is 65.6 Å². The highest BCUT2D eigenvalue weighted by Gasteiger charge is 2.29. The molecule has 0 saturated heterocycles. The van der Waals surface area contributed by atoms with Crippen LogP contribution in [0, 0.1) is 6.92 Å². The molecule has 0 amide bonds. The van der Waals surface area contributed by atoms with Crippen LogP contribution in [0.2, 0.25) is 0 Å². The van der Waals surface area contributed by atoms with Crippen molar-refractivity contribution in [2.45, 2.75) is 19.4 Å². The molecule has 2 heterocycles. The molecule has 1 aromatic heterocycles. The summed E-state index contributed by atoms with van der Waals surface area (Å²) >= 11 is 0. The molecule has 208 valence electrons. The first-order chi connectivity index (χ1) is 21.2. The molecule has 5 nitrogen and oxygen atoms in total. The van der Waals surface area contributed by atoms with Gasteiger partial charge in [-0.15, -0.1) is 10.2 Å². The molecule has 1 aliphatic rings. The Bertz CT molecular complexity index is 1890. The first kappa shape index (κ1) is 26.4. The van der Waals surface area contributed by atoms with Crippen molar-refractivity contribution >= 4 is 23.6 Å². The molecule has 0 radical (unpaired) electrons. The molecule has 0 fully saturated rings. The van der Waals surface area contributed by atoms with Gasteiger partial charge in [-0.3, -0.25) is 5.01 Å². The van der Waals surface area contributed by atoms with Crippen LogP contribution in [0.4, 0.5) is 5.69 Å². The fourth-order valence-corrected chi connectivity index (χ4v) is 5.35. The van der Waals surface area contributed by atoms with Crippen molar-refractivity contribution in [3.8, 4) is 22.9 Å². The van der Waals surface area contributed by atoms with Crippen molar-refractivity contribution in [2.24, 2.45) is 5.10 Å². The maximum absolute atomic E-state index is 5.96. The zero-order chi connectivity index (χ0) is 29.0. The lowest BCUT2D eigenvalue weighted by Gasteiger charge is -2.24. The van der Waals surface area contributed by atoms with E-state index in [0.29, 0.717) is 11.8 Å². The van der Waals surface area contributed by atoms with E-state index in [0.717, 1.165) is 40.1 Å². The molecule has 6 aromatic rings. The van der Waals surface area contributed by atoms with Crippen LogP contribution in [-0.2, 0) is 0 Å². The molecule has 0 saturated carbocycles. The number of benzene rings is 5. The fourth-order valence-electron chi connectivity index (χ4n) is 5.35. The van der Waals surface area contributed by atoms with Crippen molar-refractivity contribution in [3.63, 3.8) is 0 Å². The normalized spacial score (nSPS) is 14.8. The summed E-state index contributed by atoms with van der Waals surface area (Å²) < 4.78 is 5.96. The maximum atomic E-state index is 5.96. The molecule has 5 heteroatoms. The number of hydrogen-bond acceptors (Lipinski definition) is 5. The van der Waals surface area contributed by atoms with Crippen LogP contribution in [0.5, 0.6) is 0 Å². The third-order valence-corrected chi connectivity index (χ3v) is 7.68. The standard InChI is InChI=1S/C38H30N4O/c1-27-15-21-30(22-16-27)35-26-36(31-10-4-2-5-11-31)42(41-35)34-23-19-28(20-24-34)17-18-29-9-8-14-33(25-29)38-40-39-37(43-38)32-12-6-3-7-13-32/h2-25,36H,26H2,1H3/b18-17+/t36-/m1/s1. The largest absolute Gasteiger partial charge is 0.416 e. The summed E-state index contributed by atoms with van der Waals surface area (Å²) in [5, 5.41) is 15.8. The van der Waals surface area contributed by atoms with E-state index in [4.69, 9.17) is 9.52 Å². The molecule has 7 rings (SSSR count). The number of aryl methyl sites for hydroxylation is 1. The Morgan fingerprint density at radius 2 is 1.28 bits per heavy atom. The second-order valence-corrected chi connectivity index (χ2v) is 10.7. The van der Waals surface area contributed by atoms with Crippen molar-refractivity contribution in [1.29, 1.82) is 0 Å². The quantitative estimate of drug-likeness (QED) is 0.183. The van der Waals surface area contributed by atoms with Crippen LogP contribution in [0.25, 0.3) is 35.1 Å².